The highest BCUT2D eigenvalue weighted by Crippen LogP contribution is 2.41. The molecular weight excluding hydrogens is 298 g/mol. The molecule has 0 atom stereocenters. The van der Waals surface area contributed by atoms with Crippen molar-refractivity contribution in [1.29, 1.82) is 0 Å². The van der Waals surface area contributed by atoms with Crippen LogP contribution in [0, 0.1) is 13.8 Å². The van der Waals surface area contributed by atoms with Crippen molar-refractivity contribution in [3.05, 3.63) is 22.4 Å². The van der Waals surface area contributed by atoms with Gasteiger partial charge in [0.2, 0.25) is 11.2 Å². The summed E-state index contributed by atoms with van der Waals surface area (Å²) in [6, 6.07) is 0. The minimum absolute atomic E-state index is 0.0657. The van der Waals surface area contributed by atoms with E-state index >= 15 is 0 Å². The molecule has 2 heterocycles. The fourth-order valence-electron chi connectivity index (χ4n) is 2.70. The topological polar surface area (TPSA) is 51.6 Å². The van der Waals surface area contributed by atoms with Gasteiger partial charge in [0.05, 0.1) is 17.1 Å². The van der Waals surface area contributed by atoms with Crippen molar-refractivity contribution in [2.45, 2.75) is 51.4 Å². The van der Waals surface area contributed by atoms with Crippen molar-refractivity contribution in [1.82, 2.24) is 19.9 Å². The second-order valence-corrected chi connectivity index (χ2v) is 5.91. The largest absolute Gasteiger partial charge is 0.248 e. The van der Waals surface area contributed by atoms with Crippen molar-refractivity contribution < 1.29 is 8.78 Å². The first-order valence-corrected chi connectivity index (χ1v) is 7.30. The Bertz CT molecular complexity index is 695. The number of alkyl halides is 2. The van der Waals surface area contributed by atoms with E-state index in [1.807, 2.05) is 13.8 Å². The van der Waals surface area contributed by atoms with Gasteiger partial charge in [-0.15, -0.1) is 0 Å². The third-order valence-corrected chi connectivity index (χ3v) is 4.21. The van der Waals surface area contributed by atoms with Crippen LogP contribution in [0.5, 0.6) is 0 Å². The molecule has 0 saturated heterocycles. The average Bonchev–Trinajstić information content (AvgIpc) is 2.40. The van der Waals surface area contributed by atoms with Crippen LogP contribution in [0.15, 0.2) is 0 Å². The number of fused-ring (bicyclic) bond motifs is 1. The molecule has 3 rings (SSSR count). The maximum absolute atomic E-state index is 13.3. The van der Waals surface area contributed by atoms with Crippen molar-refractivity contribution in [2.75, 3.05) is 0 Å². The highest BCUT2D eigenvalue weighted by Gasteiger charge is 2.36. The van der Waals surface area contributed by atoms with Crippen LogP contribution >= 0.6 is 11.6 Å². The van der Waals surface area contributed by atoms with Crippen LogP contribution in [0.25, 0.3) is 11.2 Å². The van der Waals surface area contributed by atoms with Gasteiger partial charge in [-0.05, 0) is 38.3 Å². The van der Waals surface area contributed by atoms with Gasteiger partial charge in [-0.25, -0.2) is 23.7 Å². The average molecular weight is 313 g/mol. The van der Waals surface area contributed by atoms with Crippen LogP contribution in [0.2, 0.25) is 5.28 Å². The Morgan fingerprint density at radius 3 is 2.29 bits per heavy atom. The van der Waals surface area contributed by atoms with Crippen LogP contribution in [0.4, 0.5) is 8.78 Å². The van der Waals surface area contributed by atoms with E-state index < -0.39 is 5.92 Å². The highest BCUT2D eigenvalue weighted by atomic mass is 35.5. The van der Waals surface area contributed by atoms with E-state index in [1.165, 1.54) is 0 Å². The van der Waals surface area contributed by atoms with E-state index in [2.05, 4.69) is 19.9 Å². The summed E-state index contributed by atoms with van der Waals surface area (Å²) >= 11 is 5.95. The fraction of sp³-hybridized carbons (Fsp3) is 0.571. The summed E-state index contributed by atoms with van der Waals surface area (Å²) in [7, 11) is 0. The molecule has 0 aliphatic heterocycles. The summed E-state index contributed by atoms with van der Waals surface area (Å²) in [5.41, 5.74) is 3.23. The van der Waals surface area contributed by atoms with E-state index in [1.54, 1.807) is 0 Å². The number of aryl methyl sites for hydroxylation is 2. The molecule has 112 valence electrons. The van der Waals surface area contributed by atoms with Crippen molar-refractivity contribution >= 4 is 22.8 Å². The monoisotopic (exact) mass is 312 g/mol. The molecule has 0 unspecified atom stereocenters. The highest BCUT2D eigenvalue weighted by molar-refractivity contribution is 6.28. The number of hydrogen-bond donors (Lipinski definition) is 0. The molecule has 0 amide bonds. The zero-order chi connectivity index (χ0) is 15.2. The molecule has 2 aromatic heterocycles. The van der Waals surface area contributed by atoms with Crippen LogP contribution in [-0.4, -0.2) is 25.9 Å². The van der Waals surface area contributed by atoms with E-state index in [-0.39, 0.29) is 24.0 Å². The van der Waals surface area contributed by atoms with Crippen molar-refractivity contribution in [3.8, 4) is 0 Å². The Balaban J connectivity index is 2.07. The number of aromatic nitrogens is 4. The molecule has 0 spiro atoms. The zero-order valence-corrected chi connectivity index (χ0v) is 12.6. The van der Waals surface area contributed by atoms with Crippen LogP contribution < -0.4 is 0 Å². The molecule has 1 aliphatic carbocycles. The molecular formula is C14H15ClF2N4. The van der Waals surface area contributed by atoms with Gasteiger partial charge in [0.1, 0.15) is 5.52 Å². The lowest BCUT2D eigenvalue weighted by molar-refractivity contribution is -0.0384. The summed E-state index contributed by atoms with van der Waals surface area (Å²) in [6.45, 7) is 3.70. The van der Waals surface area contributed by atoms with Gasteiger partial charge in [0.25, 0.3) is 0 Å². The second-order valence-electron chi connectivity index (χ2n) is 5.57. The first-order chi connectivity index (χ1) is 9.85. The standard InChI is InChI=1S/C14H15ClF2N4/c1-7-8(2)19-12-11(18-7)10(20-13(15)21-12)9-3-5-14(16,17)6-4-9/h9H,3-6H2,1-2H3. The molecule has 4 nitrogen and oxygen atoms in total. The lowest BCUT2D eigenvalue weighted by Gasteiger charge is -2.28. The van der Waals surface area contributed by atoms with Gasteiger partial charge in [-0.2, -0.15) is 4.98 Å². The Kier molecular flexibility index (Phi) is 3.51. The molecule has 1 aliphatic rings. The SMILES string of the molecule is Cc1nc2nc(Cl)nc(C3CCC(F)(F)CC3)c2nc1C. The van der Waals surface area contributed by atoms with E-state index in [0.29, 0.717) is 29.7 Å². The third-order valence-electron chi connectivity index (χ3n) is 4.05. The molecule has 21 heavy (non-hydrogen) atoms. The van der Waals surface area contributed by atoms with Crippen LogP contribution in [0.3, 0.4) is 0 Å². The molecule has 1 saturated carbocycles. The van der Waals surface area contributed by atoms with Gasteiger partial charge in [-0.3, -0.25) is 0 Å². The third kappa shape index (κ3) is 2.81. The minimum Gasteiger partial charge on any atom is -0.246 e. The molecule has 1 fully saturated rings. The molecule has 7 heteroatoms. The summed E-state index contributed by atoms with van der Waals surface area (Å²) < 4.78 is 26.6. The fourth-order valence-corrected chi connectivity index (χ4v) is 2.88. The first kappa shape index (κ1) is 14.5. The molecule has 0 N–H and O–H groups in total. The van der Waals surface area contributed by atoms with Crippen LogP contribution in [0.1, 0.15) is 48.7 Å². The van der Waals surface area contributed by atoms with Gasteiger partial charge in [0, 0.05) is 18.8 Å². The van der Waals surface area contributed by atoms with Crippen molar-refractivity contribution in [2.24, 2.45) is 0 Å². The molecule has 0 aromatic carbocycles. The minimum atomic E-state index is -2.57. The van der Waals surface area contributed by atoms with Crippen LogP contribution in [-0.2, 0) is 0 Å². The maximum Gasteiger partial charge on any atom is 0.248 e. The number of hydrogen-bond acceptors (Lipinski definition) is 4. The Morgan fingerprint density at radius 1 is 1.00 bits per heavy atom. The number of nitrogens with zero attached hydrogens (tertiary/aromatic N) is 4. The second kappa shape index (κ2) is 5.09. The van der Waals surface area contributed by atoms with Crippen molar-refractivity contribution in [3.63, 3.8) is 0 Å². The summed E-state index contributed by atoms with van der Waals surface area (Å²) in [5.74, 6) is -2.63. The van der Waals surface area contributed by atoms with E-state index in [9.17, 15) is 8.78 Å². The lowest BCUT2D eigenvalue weighted by atomic mass is 9.84. The first-order valence-electron chi connectivity index (χ1n) is 6.92. The molecule has 0 bridgehead atoms. The van der Waals surface area contributed by atoms with Gasteiger partial charge in [0.15, 0.2) is 5.65 Å². The summed E-state index contributed by atoms with van der Waals surface area (Å²) in [6.07, 6.45) is 0.506. The van der Waals surface area contributed by atoms with E-state index in [0.717, 1.165) is 11.4 Å². The number of halogens is 3. The quantitative estimate of drug-likeness (QED) is 0.747. The smallest absolute Gasteiger partial charge is 0.246 e. The normalized spacial score (nSPS) is 19.1. The lowest BCUT2D eigenvalue weighted by Crippen LogP contribution is -2.24. The Morgan fingerprint density at radius 2 is 1.62 bits per heavy atom. The molecule has 0 radical (unpaired) electrons. The Labute approximate surface area is 126 Å². The van der Waals surface area contributed by atoms with Gasteiger partial charge < -0.3 is 0 Å². The predicted octanol–water partition coefficient (Wildman–Crippen LogP) is 3.98. The van der Waals surface area contributed by atoms with E-state index in [4.69, 9.17) is 11.6 Å². The predicted molar refractivity (Wildman–Crippen MR) is 75.8 cm³/mol. The summed E-state index contributed by atoms with van der Waals surface area (Å²) in [5, 5.41) is 0.0902. The number of rotatable bonds is 1. The summed E-state index contributed by atoms with van der Waals surface area (Å²) in [4.78, 5) is 17.2. The van der Waals surface area contributed by atoms with Gasteiger partial charge >= 0.3 is 0 Å². The van der Waals surface area contributed by atoms with Gasteiger partial charge in [-0.1, -0.05) is 0 Å². The Hall–Kier alpha value is -1.43. The zero-order valence-electron chi connectivity index (χ0n) is 11.8. The molecule has 2 aromatic rings. The maximum atomic E-state index is 13.3.